The van der Waals surface area contributed by atoms with Crippen molar-refractivity contribution in [3.05, 3.63) is 9.39 Å². The highest BCUT2D eigenvalue weighted by Gasteiger charge is 2.33. The number of hydrogen-bond acceptors (Lipinski definition) is 7. The topological polar surface area (TPSA) is 94.4 Å². The Morgan fingerprint density at radius 3 is 2.72 bits per heavy atom. The Labute approximate surface area is 200 Å². The lowest BCUT2D eigenvalue weighted by Gasteiger charge is -2.36. The third kappa shape index (κ3) is 5.08. The molecule has 2 fully saturated rings. The van der Waals surface area contributed by atoms with Gasteiger partial charge in [0.2, 0.25) is 0 Å². The van der Waals surface area contributed by atoms with E-state index in [1.165, 1.54) is 0 Å². The van der Waals surface area contributed by atoms with Crippen molar-refractivity contribution in [2.45, 2.75) is 77.4 Å². The molecular formula is C21H30FIN6O3. The second-order valence-corrected chi connectivity index (χ2v) is 10.4. The number of aromatic nitrogens is 4. The first-order valence-electron chi connectivity index (χ1n) is 11.0. The Morgan fingerprint density at radius 2 is 2.06 bits per heavy atom. The van der Waals surface area contributed by atoms with E-state index in [2.05, 4.69) is 33.0 Å². The summed E-state index contributed by atoms with van der Waals surface area (Å²) in [6, 6.07) is -0.597. The number of aryl methyl sites for hydroxylation is 1. The quantitative estimate of drug-likeness (QED) is 0.570. The standard InChI is InChI=1S/C21H30FIN6O3/c1-12-18(28-9-8-14(13(22)11-28)25-20(30)32-21(2,3)4)26-19-16(24-12)17(23)27-29(19)15-7-5-6-10-31-15/h13-15H,5-11H2,1-4H3,(H,25,30)/t13-,14+,15?/m1/s1. The van der Waals surface area contributed by atoms with Crippen LogP contribution in [0.25, 0.3) is 11.2 Å². The molecular weight excluding hydrogens is 530 g/mol. The van der Waals surface area contributed by atoms with Crippen molar-refractivity contribution in [2.75, 3.05) is 24.6 Å². The van der Waals surface area contributed by atoms with E-state index in [9.17, 15) is 9.18 Å². The number of hydrogen-bond donors (Lipinski definition) is 1. The highest BCUT2D eigenvalue weighted by molar-refractivity contribution is 14.1. The fourth-order valence-electron chi connectivity index (χ4n) is 4.12. The van der Waals surface area contributed by atoms with Crippen molar-refractivity contribution >= 4 is 45.7 Å². The van der Waals surface area contributed by atoms with Crippen molar-refractivity contribution in [1.82, 2.24) is 25.1 Å². The smallest absolute Gasteiger partial charge is 0.407 e. The van der Waals surface area contributed by atoms with Crippen LogP contribution in [0.5, 0.6) is 0 Å². The monoisotopic (exact) mass is 560 g/mol. The van der Waals surface area contributed by atoms with Gasteiger partial charge >= 0.3 is 6.09 Å². The predicted molar refractivity (Wildman–Crippen MR) is 127 cm³/mol. The molecule has 4 rings (SSSR count). The van der Waals surface area contributed by atoms with Crippen LogP contribution < -0.4 is 10.2 Å². The van der Waals surface area contributed by atoms with Crippen LogP contribution in [0, 0.1) is 10.6 Å². The summed E-state index contributed by atoms with van der Waals surface area (Å²) in [4.78, 5) is 23.6. The van der Waals surface area contributed by atoms with Crippen LogP contribution in [0.2, 0.25) is 0 Å². The minimum Gasteiger partial charge on any atom is -0.444 e. The molecule has 0 bridgehead atoms. The highest BCUT2D eigenvalue weighted by Crippen LogP contribution is 2.30. The van der Waals surface area contributed by atoms with Gasteiger partial charge in [-0.15, -0.1) is 0 Å². The van der Waals surface area contributed by atoms with E-state index in [0.717, 1.165) is 34.2 Å². The molecule has 2 aliphatic rings. The summed E-state index contributed by atoms with van der Waals surface area (Å²) in [6.07, 6.45) is 1.46. The molecule has 1 unspecified atom stereocenters. The van der Waals surface area contributed by atoms with Gasteiger partial charge < -0.3 is 19.7 Å². The van der Waals surface area contributed by atoms with Crippen LogP contribution in [0.1, 0.15) is 58.4 Å². The Balaban J connectivity index is 1.52. The summed E-state index contributed by atoms with van der Waals surface area (Å²) in [5.74, 6) is 0.643. The summed E-state index contributed by atoms with van der Waals surface area (Å²) in [7, 11) is 0. The Kier molecular flexibility index (Phi) is 6.76. The molecule has 1 N–H and O–H groups in total. The number of halogens is 2. The second-order valence-electron chi connectivity index (χ2n) is 9.36. The molecule has 11 heteroatoms. The molecule has 2 saturated heterocycles. The van der Waals surface area contributed by atoms with Crippen molar-refractivity contribution in [3.63, 3.8) is 0 Å². The number of carbonyl (C=O) groups excluding carboxylic acids is 1. The summed E-state index contributed by atoms with van der Waals surface area (Å²) in [5, 5.41) is 7.30. The Morgan fingerprint density at radius 1 is 1.28 bits per heavy atom. The molecule has 2 aromatic rings. The predicted octanol–water partition coefficient (Wildman–Crippen LogP) is 3.88. The molecule has 0 aliphatic carbocycles. The van der Waals surface area contributed by atoms with E-state index < -0.39 is 23.9 Å². The zero-order valence-electron chi connectivity index (χ0n) is 18.9. The number of carbonyl (C=O) groups is 1. The third-order valence-corrected chi connectivity index (χ3v) is 6.33. The number of ether oxygens (including phenoxy) is 2. The lowest BCUT2D eigenvalue weighted by molar-refractivity contribution is -0.0372. The first-order valence-corrected chi connectivity index (χ1v) is 12.1. The minimum atomic E-state index is -1.25. The van der Waals surface area contributed by atoms with Gasteiger partial charge in [0.25, 0.3) is 0 Å². The van der Waals surface area contributed by atoms with Gasteiger partial charge in [0.15, 0.2) is 21.4 Å². The molecule has 32 heavy (non-hydrogen) atoms. The van der Waals surface area contributed by atoms with E-state index in [-0.39, 0.29) is 12.8 Å². The molecule has 0 aromatic carbocycles. The minimum absolute atomic E-state index is 0.118. The van der Waals surface area contributed by atoms with Crippen molar-refractivity contribution in [1.29, 1.82) is 0 Å². The lowest BCUT2D eigenvalue weighted by Crippen LogP contribution is -2.53. The van der Waals surface area contributed by atoms with Gasteiger partial charge in [0, 0.05) is 13.2 Å². The van der Waals surface area contributed by atoms with Gasteiger partial charge in [0.05, 0.1) is 18.3 Å². The van der Waals surface area contributed by atoms with Gasteiger partial charge in [-0.2, -0.15) is 5.10 Å². The molecule has 2 aromatic heterocycles. The lowest BCUT2D eigenvalue weighted by atomic mass is 10.0. The van der Waals surface area contributed by atoms with Crippen LogP contribution >= 0.6 is 22.6 Å². The summed E-state index contributed by atoms with van der Waals surface area (Å²) in [6.45, 7) is 8.60. The summed E-state index contributed by atoms with van der Waals surface area (Å²) in [5.41, 5.74) is 1.50. The normalized spacial score (nSPS) is 24.6. The number of alkyl carbamates (subject to hydrolysis) is 1. The fourth-order valence-corrected chi connectivity index (χ4v) is 4.72. The Bertz CT molecular complexity index is 988. The van der Waals surface area contributed by atoms with E-state index >= 15 is 0 Å². The van der Waals surface area contributed by atoms with E-state index in [1.54, 1.807) is 20.8 Å². The molecule has 3 atom stereocenters. The average Bonchev–Trinajstić information content (AvgIpc) is 3.04. The molecule has 9 nitrogen and oxygen atoms in total. The van der Waals surface area contributed by atoms with E-state index in [4.69, 9.17) is 19.4 Å². The molecule has 0 radical (unpaired) electrons. The zero-order chi connectivity index (χ0) is 23.0. The van der Waals surface area contributed by atoms with Gasteiger partial charge in [-0.1, -0.05) is 0 Å². The van der Waals surface area contributed by atoms with Gasteiger partial charge in [-0.25, -0.2) is 23.8 Å². The number of amides is 1. The third-order valence-electron chi connectivity index (χ3n) is 5.61. The Hall–Kier alpha value is -1.76. The van der Waals surface area contributed by atoms with Crippen molar-refractivity contribution in [2.24, 2.45) is 0 Å². The molecule has 2 aliphatic heterocycles. The van der Waals surface area contributed by atoms with Gasteiger partial charge in [0.1, 0.15) is 17.3 Å². The molecule has 0 saturated carbocycles. The fraction of sp³-hybridized carbons (Fsp3) is 0.714. The first kappa shape index (κ1) is 23.4. The number of alkyl halides is 1. The van der Waals surface area contributed by atoms with Gasteiger partial charge in [-0.05, 0) is 76.0 Å². The summed E-state index contributed by atoms with van der Waals surface area (Å²) < 4.78 is 28.8. The van der Waals surface area contributed by atoms with Gasteiger partial charge in [-0.3, -0.25) is 0 Å². The maximum absolute atomic E-state index is 15.0. The number of piperidine rings is 1. The number of nitrogens with one attached hydrogen (secondary N) is 1. The maximum atomic E-state index is 15.0. The largest absolute Gasteiger partial charge is 0.444 e. The van der Waals surface area contributed by atoms with E-state index in [0.29, 0.717) is 31.0 Å². The van der Waals surface area contributed by atoms with Crippen LogP contribution in [0.3, 0.4) is 0 Å². The maximum Gasteiger partial charge on any atom is 0.407 e. The SMILES string of the molecule is Cc1nc2c(I)nn(C3CCCCO3)c2nc1N1CC[C@H](NC(=O)OC(C)(C)C)[C@H](F)C1. The molecule has 176 valence electrons. The zero-order valence-corrected chi connectivity index (χ0v) is 21.1. The number of anilines is 1. The van der Waals surface area contributed by atoms with Crippen molar-refractivity contribution in [3.8, 4) is 0 Å². The van der Waals surface area contributed by atoms with Crippen LogP contribution in [-0.4, -0.2) is 63.4 Å². The first-order chi connectivity index (χ1) is 15.1. The number of fused-ring (bicyclic) bond motifs is 1. The van der Waals surface area contributed by atoms with E-state index in [1.807, 2.05) is 16.5 Å². The second kappa shape index (κ2) is 9.24. The number of rotatable bonds is 3. The van der Waals surface area contributed by atoms with Crippen LogP contribution in [0.15, 0.2) is 0 Å². The molecule has 0 spiro atoms. The number of nitrogens with zero attached hydrogens (tertiary/aromatic N) is 5. The molecule has 4 heterocycles. The van der Waals surface area contributed by atoms with Crippen LogP contribution in [0.4, 0.5) is 15.0 Å². The highest BCUT2D eigenvalue weighted by atomic mass is 127. The van der Waals surface area contributed by atoms with Crippen LogP contribution in [-0.2, 0) is 9.47 Å². The summed E-state index contributed by atoms with van der Waals surface area (Å²) >= 11 is 2.17. The average molecular weight is 560 g/mol. The van der Waals surface area contributed by atoms with Crippen molar-refractivity contribution < 1.29 is 18.7 Å². The molecule has 1 amide bonds.